The minimum absolute atomic E-state index is 0.265. The molecule has 1 nitrogen and oxygen atoms in total. The van der Waals surface area contributed by atoms with Crippen LogP contribution in [-0.4, -0.2) is 5.75 Å². The van der Waals surface area contributed by atoms with Gasteiger partial charge in [-0.3, -0.25) is 0 Å². The van der Waals surface area contributed by atoms with Crippen molar-refractivity contribution in [2.24, 2.45) is 5.73 Å². The van der Waals surface area contributed by atoms with E-state index >= 15 is 0 Å². The molecular formula is C10H13NS. The Morgan fingerprint density at radius 1 is 1.50 bits per heavy atom. The van der Waals surface area contributed by atoms with Crippen LogP contribution >= 0.6 is 11.8 Å². The maximum absolute atomic E-state index is 6.00. The fourth-order valence-electron chi connectivity index (χ4n) is 1.61. The summed E-state index contributed by atoms with van der Waals surface area (Å²) in [5.74, 6) is 1.17. The van der Waals surface area contributed by atoms with E-state index in [1.807, 2.05) is 11.8 Å². The SMILES string of the molecule is Cc1cccc2c1SCC[C@H]2N. The van der Waals surface area contributed by atoms with Crippen molar-refractivity contribution in [3.05, 3.63) is 29.3 Å². The average Bonchev–Trinajstić information content (AvgIpc) is 2.07. The molecule has 1 atom stereocenters. The maximum Gasteiger partial charge on any atom is 0.0314 e. The van der Waals surface area contributed by atoms with Crippen LogP contribution < -0.4 is 5.73 Å². The normalized spacial score (nSPS) is 22.0. The van der Waals surface area contributed by atoms with Crippen LogP contribution in [0.4, 0.5) is 0 Å². The van der Waals surface area contributed by atoms with Crippen molar-refractivity contribution in [1.29, 1.82) is 0 Å². The number of hydrogen-bond donors (Lipinski definition) is 1. The molecule has 0 fully saturated rings. The molecule has 0 spiro atoms. The van der Waals surface area contributed by atoms with Crippen LogP contribution in [0.2, 0.25) is 0 Å². The third kappa shape index (κ3) is 1.25. The quantitative estimate of drug-likeness (QED) is 0.662. The number of rotatable bonds is 0. The summed E-state index contributed by atoms with van der Waals surface area (Å²) in [7, 11) is 0. The van der Waals surface area contributed by atoms with E-state index in [9.17, 15) is 0 Å². The molecule has 1 aliphatic rings. The van der Waals surface area contributed by atoms with Gasteiger partial charge < -0.3 is 5.73 Å². The maximum atomic E-state index is 6.00. The number of aryl methyl sites for hydroxylation is 1. The molecule has 1 aliphatic heterocycles. The lowest BCUT2D eigenvalue weighted by Crippen LogP contribution is -2.16. The minimum atomic E-state index is 0.265. The van der Waals surface area contributed by atoms with Gasteiger partial charge in [-0.2, -0.15) is 0 Å². The lowest BCUT2D eigenvalue weighted by atomic mass is 10.0. The van der Waals surface area contributed by atoms with Crippen molar-refractivity contribution in [3.8, 4) is 0 Å². The summed E-state index contributed by atoms with van der Waals surface area (Å²) in [5.41, 5.74) is 8.71. The molecule has 0 amide bonds. The highest BCUT2D eigenvalue weighted by atomic mass is 32.2. The van der Waals surface area contributed by atoms with Crippen LogP contribution in [0.1, 0.15) is 23.6 Å². The van der Waals surface area contributed by atoms with Crippen molar-refractivity contribution < 1.29 is 0 Å². The van der Waals surface area contributed by atoms with Gasteiger partial charge in [0.1, 0.15) is 0 Å². The fourth-order valence-corrected chi connectivity index (χ4v) is 2.87. The van der Waals surface area contributed by atoms with Gasteiger partial charge in [0.05, 0.1) is 0 Å². The second-order valence-corrected chi connectivity index (χ2v) is 4.34. The van der Waals surface area contributed by atoms with E-state index in [2.05, 4.69) is 25.1 Å². The monoisotopic (exact) mass is 179 g/mol. The summed E-state index contributed by atoms with van der Waals surface area (Å²) in [6.07, 6.45) is 1.11. The topological polar surface area (TPSA) is 26.0 Å². The van der Waals surface area contributed by atoms with Gasteiger partial charge in [0.25, 0.3) is 0 Å². The van der Waals surface area contributed by atoms with Gasteiger partial charge in [0.2, 0.25) is 0 Å². The molecule has 64 valence electrons. The third-order valence-corrected chi connectivity index (χ3v) is 3.60. The number of hydrogen-bond acceptors (Lipinski definition) is 2. The van der Waals surface area contributed by atoms with Crippen molar-refractivity contribution in [2.45, 2.75) is 24.3 Å². The second-order valence-electron chi connectivity index (χ2n) is 3.24. The molecule has 2 rings (SSSR count). The second kappa shape index (κ2) is 3.11. The van der Waals surface area contributed by atoms with Gasteiger partial charge in [-0.05, 0) is 30.2 Å². The Labute approximate surface area is 77.3 Å². The van der Waals surface area contributed by atoms with Crippen molar-refractivity contribution >= 4 is 11.8 Å². The molecule has 12 heavy (non-hydrogen) atoms. The zero-order chi connectivity index (χ0) is 8.55. The summed E-state index contributed by atoms with van der Waals surface area (Å²) in [5, 5.41) is 0. The Morgan fingerprint density at radius 3 is 3.08 bits per heavy atom. The largest absolute Gasteiger partial charge is 0.324 e. The van der Waals surface area contributed by atoms with Gasteiger partial charge in [-0.15, -0.1) is 11.8 Å². The molecule has 2 heteroatoms. The Kier molecular flexibility index (Phi) is 2.11. The number of nitrogens with two attached hydrogens (primary N) is 1. The van der Waals surface area contributed by atoms with E-state index in [1.54, 1.807) is 0 Å². The summed E-state index contributed by atoms with van der Waals surface area (Å²) in [4.78, 5) is 1.41. The Balaban J connectivity index is 2.52. The van der Waals surface area contributed by atoms with Gasteiger partial charge in [-0.1, -0.05) is 18.2 Å². The molecule has 0 unspecified atom stereocenters. The first-order valence-electron chi connectivity index (χ1n) is 4.27. The molecule has 2 N–H and O–H groups in total. The molecule has 0 aliphatic carbocycles. The van der Waals surface area contributed by atoms with E-state index in [4.69, 9.17) is 5.73 Å². The van der Waals surface area contributed by atoms with Crippen LogP contribution in [0.15, 0.2) is 23.1 Å². The zero-order valence-electron chi connectivity index (χ0n) is 7.21. The first-order chi connectivity index (χ1) is 5.79. The van der Waals surface area contributed by atoms with Gasteiger partial charge in [0, 0.05) is 10.9 Å². The lowest BCUT2D eigenvalue weighted by Gasteiger charge is -2.22. The minimum Gasteiger partial charge on any atom is -0.324 e. The van der Waals surface area contributed by atoms with Gasteiger partial charge >= 0.3 is 0 Å². The van der Waals surface area contributed by atoms with Crippen molar-refractivity contribution in [3.63, 3.8) is 0 Å². The summed E-state index contributed by atoms with van der Waals surface area (Å²) < 4.78 is 0. The average molecular weight is 179 g/mol. The standard InChI is InChI=1S/C10H13NS/c1-7-3-2-4-8-9(11)5-6-12-10(7)8/h2-4,9H,5-6,11H2,1H3/t9-/m1/s1. The molecule has 0 bridgehead atoms. The first kappa shape index (κ1) is 8.14. The Hall–Kier alpha value is -0.470. The highest BCUT2D eigenvalue weighted by Gasteiger charge is 2.17. The molecule has 1 aromatic carbocycles. The number of fused-ring (bicyclic) bond motifs is 1. The Bertz CT molecular complexity index is 296. The number of benzene rings is 1. The molecular weight excluding hydrogens is 166 g/mol. The van der Waals surface area contributed by atoms with Crippen LogP contribution in [0.5, 0.6) is 0 Å². The Morgan fingerprint density at radius 2 is 2.33 bits per heavy atom. The van der Waals surface area contributed by atoms with Crippen LogP contribution in [0, 0.1) is 6.92 Å². The van der Waals surface area contributed by atoms with Crippen molar-refractivity contribution in [1.82, 2.24) is 0 Å². The van der Waals surface area contributed by atoms with Crippen LogP contribution in [0.25, 0.3) is 0 Å². The third-order valence-electron chi connectivity index (χ3n) is 2.32. The molecule has 0 saturated heterocycles. The molecule has 0 radical (unpaired) electrons. The molecule has 1 heterocycles. The first-order valence-corrected chi connectivity index (χ1v) is 5.25. The van der Waals surface area contributed by atoms with Crippen LogP contribution in [0.3, 0.4) is 0 Å². The summed E-state index contributed by atoms with van der Waals surface area (Å²) in [6.45, 7) is 2.16. The smallest absolute Gasteiger partial charge is 0.0314 e. The van der Waals surface area contributed by atoms with E-state index in [0.29, 0.717) is 0 Å². The predicted molar refractivity (Wildman–Crippen MR) is 53.4 cm³/mol. The van der Waals surface area contributed by atoms with Gasteiger partial charge in [-0.25, -0.2) is 0 Å². The fraction of sp³-hybridized carbons (Fsp3) is 0.400. The van der Waals surface area contributed by atoms with E-state index in [0.717, 1.165) is 6.42 Å². The number of thioether (sulfide) groups is 1. The zero-order valence-corrected chi connectivity index (χ0v) is 8.03. The van der Waals surface area contributed by atoms with Crippen LogP contribution in [-0.2, 0) is 0 Å². The summed E-state index contributed by atoms with van der Waals surface area (Å²) in [6, 6.07) is 6.67. The lowest BCUT2D eigenvalue weighted by molar-refractivity contribution is 0.678. The summed E-state index contributed by atoms with van der Waals surface area (Å²) >= 11 is 1.94. The molecule has 1 aromatic rings. The van der Waals surface area contributed by atoms with E-state index in [-0.39, 0.29) is 6.04 Å². The highest BCUT2D eigenvalue weighted by molar-refractivity contribution is 7.99. The molecule has 0 saturated carbocycles. The van der Waals surface area contributed by atoms with E-state index in [1.165, 1.54) is 21.8 Å². The predicted octanol–water partition coefficient (Wildman–Crippen LogP) is 2.49. The van der Waals surface area contributed by atoms with Crippen molar-refractivity contribution in [2.75, 3.05) is 5.75 Å². The highest BCUT2D eigenvalue weighted by Crippen LogP contribution is 2.36. The van der Waals surface area contributed by atoms with Gasteiger partial charge in [0.15, 0.2) is 0 Å². The van der Waals surface area contributed by atoms with E-state index < -0.39 is 0 Å². The molecule has 0 aromatic heterocycles.